The van der Waals surface area contributed by atoms with Crippen molar-refractivity contribution in [2.24, 2.45) is 4.99 Å². The van der Waals surface area contributed by atoms with Crippen molar-refractivity contribution in [3.05, 3.63) is 17.0 Å². The molecule has 0 radical (unpaired) electrons. The molecule has 1 aromatic rings. The summed E-state index contributed by atoms with van der Waals surface area (Å²) in [6.45, 7) is 17.0. The number of nitrogens with zero attached hydrogens (tertiary/aromatic N) is 3. The maximum atomic E-state index is 5.27. The van der Waals surface area contributed by atoms with Gasteiger partial charge in [-0.15, -0.1) is 0 Å². The van der Waals surface area contributed by atoms with Gasteiger partial charge in [0.2, 0.25) is 0 Å². The number of aromatic nitrogens is 1. The maximum absolute atomic E-state index is 5.27. The molecule has 2 atom stereocenters. The molecule has 6 heteroatoms. The van der Waals surface area contributed by atoms with Crippen molar-refractivity contribution in [3.8, 4) is 0 Å². The van der Waals surface area contributed by atoms with E-state index >= 15 is 0 Å². The van der Waals surface area contributed by atoms with E-state index in [4.69, 9.17) is 4.52 Å². The van der Waals surface area contributed by atoms with Crippen molar-refractivity contribution >= 4 is 5.96 Å². The first-order valence-electron chi connectivity index (χ1n) is 9.55. The molecule has 0 fully saturated rings. The molecular weight excluding hydrogens is 314 g/mol. The van der Waals surface area contributed by atoms with Crippen LogP contribution in [0.15, 0.2) is 9.52 Å². The summed E-state index contributed by atoms with van der Waals surface area (Å²) >= 11 is 0. The minimum atomic E-state index is 0.322. The van der Waals surface area contributed by atoms with Crippen molar-refractivity contribution in [1.29, 1.82) is 0 Å². The van der Waals surface area contributed by atoms with Gasteiger partial charge in [0.05, 0.1) is 5.69 Å². The van der Waals surface area contributed by atoms with Gasteiger partial charge in [-0.25, -0.2) is 0 Å². The molecular formula is C19H37N5O. The number of guanidine groups is 1. The van der Waals surface area contributed by atoms with Crippen LogP contribution in [0.1, 0.15) is 63.5 Å². The van der Waals surface area contributed by atoms with E-state index in [1.54, 1.807) is 0 Å². The van der Waals surface area contributed by atoms with Gasteiger partial charge in [-0.3, -0.25) is 4.99 Å². The van der Waals surface area contributed by atoms with Crippen LogP contribution in [0.3, 0.4) is 0 Å². The van der Waals surface area contributed by atoms with Crippen LogP contribution in [0.4, 0.5) is 0 Å². The van der Waals surface area contributed by atoms with Gasteiger partial charge >= 0.3 is 0 Å². The van der Waals surface area contributed by atoms with Gasteiger partial charge in [0.25, 0.3) is 0 Å². The van der Waals surface area contributed by atoms with Crippen molar-refractivity contribution in [2.75, 3.05) is 33.2 Å². The van der Waals surface area contributed by atoms with Crippen molar-refractivity contribution < 1.29 is 4.52 Å². The van der Waals surface area contributed by atoms with E-state index in [0.717, 1.165) is 50.0 Å². The molecule has 2 unspecified atom stereocenters. The third kappa shape index (κ3) is 7.06. The maximum Gasteiger partial charge on any atom is 0.191 e. The topological polar surface area (TPSA) is 65.7 Å². The molecule has 1 aromatic heterocycles. The molecule has 0 aromatic carbocycles. The zero-order valence-corrected chi connectivity index (χ0v) is 17.1. The Labute approximate surface area is 153 Å². The predicted octanol–water partition coefficient (Wildman–Crippen LogP) is 3.07. The van der Waals surface area contributed by atoms with E-state index in [1.165, 1.54) is 12.0 Å². The molecule has 0 aliphatic rings. The Morgan fingerprint density at radius 3 is 2.44 bits per heavy atom. The quantitative estimate of drug-likeness (QED) is 0.501. The van der Waals surface area contributed by atoms with E-state index in [0.29, 0.717) is 12.0 Å². The number of aryl methyl sites for hydroxylation is 2. The summed E-state index contributed by atoms with van der Waals surface area (Å²) in [5.74, 6) is 2.08. The molecule has 0 saturated carbocycles. The van der Waals surface area contributed by atoms with Crippen LogP contribution >= 0.6 is 0 Å². The van der Waals surface area contributed by atoms with Crippen LogP contribution in [0, 0.1) is 13.8 Å². The third-order valence-corrected chi connectivity index (χ3v) is 4.77. The van der Waals surface area contributed by atoms with Crippen LogP contribution in [0.2, 0.25) is 0 Å². The highest BCUT2D eigenvalue weighted by atomic mass is 16.5. The number of nitrogens with one attached hydrogen (secondary N) is 2. The fourth-order valence-corrected chi connectivity index (χ4v) is 3.21. The number of hydrogen-bond acceptors (Lipinski definition) is 4. The summed E-state index contributed by atoms with van der Waals surface area (Å²) < 4.78 is 5.27. The molecule has 1 rings (SSSR count). The molecule has 25 heavy (non-hydrogen) atoms. The Kier molecular flexibility index (Phi) is 9.57. The van der Waals surface area contributed by atoms with Crippen molar-refractivity contribution in [2.45, 2.75) is 66.3 Å². The summed E-state index contributed by atoms with van der Waals surface area (Å²) in [5.41, 5.74) is 2.16. The lowest BCUT2D eigenvalue weighted by molar-refractivity contribution is 0.292. The average molecular weight is 352 g/mol. The molecule has 2 N–H and O–H groups in total. The first-order chi connectivity index (χ1) is 11.9. The fraction of sp³-hybridized carbons (Fsp3) is 0.789. The fourth-order valence-electron chi connectivity index (χ4n) is 3.21. The van der Waals surface area contributed by atoms with Gasteiger partial charge in [-0.05, 0) is 53.2 Å². The predicted molar refractivity (Wildman–Crippen MR) is 105 cm³/mol. The second kappa shape index (κ2) is 11.1. The molecule has 0 amide bonds. The van der Waals surface area contributed by atoms with E-state index in [-0.39, 0.29) is 0 Å². The van der Waals surface area contributed by atoms with Crippen LogP contribution in [-0.2, 0) is 0 Å². The van der Waals surface area contributed by atoms with Gasteiger partial charge in [0.15, 0.2) is 5.96 Å². The summed E-state index contributed by atoms with van der Waals surface area (Å²) in [6.07, 6.45) is 2.33. The van der Waals surface area contributed by atoms with Crippen LogP contribution < -0.4 is 10.6 Å². The zero-order chi connectivity index (χ0) is 18.8. The Balaban J connectivity index is 2.39. The molecule has 0 bridgehead atoms. The molecule has 1 heterocycles. The van der Waals surface area contributed by atoms with Gasteiger partial charge in [0.1, 0.15) is 5.76 Å². The second-order valence-corrected chi connectivity index (χ2v) is 6.81. The Morgan fingerprint density at radius 1 is 1.24 bits per heavy atom. The second-order valence-electron chi connectivity index (χ2n) is 6.81. The minimum Gasteiger partial charge on any atom is -0.361 e. The molecule has 0 spiro atoms. The van der Waals surface area contributed by atoms with E-state index in [1.807, 2.05) is 20.9 Å². The first-order valence-corrected chi connectivity index (χ1v) is 9.55. The summed E-state index contributed by atoms with van der Waals surface area (Å²) in [5, 5.41) is 11.0. The lowest BCUT2D eigenvalue weighted by Gasteiger charge is -2.22. The monoisotopic (exact) mass is 351 g/mol. The number of rotatable bonds is 10. The van der Waals surface area contributed by atoms with Gasteiger partial charge in [0, 0.05) is 31.1 Å². The highest BCUT2D eigenvalue weighted by molar-refractivity contribution is 5.79. The van der Waals surface area contributed by atoms with Crippen LogP contribution in [0.5, 0.6) is 0 Å². The normalized spacial score (nSPS) is 14.6. The van der Waals surface area contributed by atoms with E-state index in [9.17, 15) is 0 Å². The molecule has 0 saturated heterocycles. The van der Waals surface area contributed by atoms with Gasteiger partial charge in [-0.1, -0.05) is 25.9 Å². The highest BCUT2D eigenvalue weighted by Crippen LogP contribution is 2.22. The molecule has 0 aliphatic carbocycles. The Bertz CT molecular complexity index is 502. The van der Waals surface area contributed by atoms with Crippen LogP contribution in [0.25, 0.3) is 0 Å². The standard InChI is InChI=1S/C19H37N5O/c1-8-24(9-2)12-10-11-15(4)22-19(20-7)21-13-14(3)18-16(5)23-25-17(18)6/h14-15H,8-13H2,1-7H3,(H2,20,21,22). The lowest BCUT2D eigenvalue weighted by Crippen LogP contribution is -2.43. The number of aliphatic imine (C=N–C) groups is 1. The summed E-state index contributed by atoms with van der Waals surface area (Å²) in [4.78, 5) is 6.81. The first kappa shape index (κ1) is 21.5. The highest BCUT2D eigenvalue weighted by Gasteiger charge is 2.17. The average Bonchev–Trinajstić information content (AvgIpc) is 2.93. The molecule has 0 aliphatic heterocycles. The van der Waals surface area contributed by atoms with Gasteiger partial charge < -0.3 is 20.1 Å². The van der Waals surface area contributed by atoms with E-state index < -0.39 is 0 Å². The smallest absolute Gasteiger partial charge is 0.191 e. The largest absolute Gasteiger partial charge is 0.361 e. The molecule has 144 valence electrons. The Hall–Kier alpha value is -1.56. The third-order valence-electron chi connectivity index (χ3n) is 4.77. The van der Waals surface area contributed by atoms with E-state index in [2.05, 4.69) is 53.4 Å². The van der Waals surface area contributed by atoms with Crippen molar-refractivity contribution in [1.82, 2.24) is 20.7 Å². The number of hydrogen-bond donors (Lipinski definition) is 2. The van der Waals surface area contributed by atoms with Gasteiger partial charge in [-0.2, -0.15) is 0 Å². The summed E-state index contributed by atoms with van der Waals surface area (Å²) in [6, 6.07) is 0.399. The lowest BCUT2D eigenvalue weighted by atomic mass is 10.00. The summed E-state index contributed by atoms with van der Waals surface area (Å²) in [7, 11) is 1.82. The molecule has 6 nitrogen and oxygen atoms in total. The minimum absolute atomic E-state index is 0.322. The van der Waals surface area contributed by atoms with Crippen molar-refractivity contribution in [3.63, 3.8) is 0 Å². The Morgan fingerprint density at radius 2 is 1.92 bits per heavy atom. The van der Waals surface area contributed by atoms with Crippen LogP contribution in [-0.4, -0.2) is 55.3 Å². The SMILES string of the molecule is CCN(CC)CCCC(C)NC(=NC)NCC(C)c1c(C)noc1C. The zero-order valence-electron chi connectivity index (χ0n) is 17.1.